The summed E-state index contributed by atoms with van der Waals surface area (Å²) in [7, 11) is 0. The number of likely N-dealkylation sites (tertiary alicyclic amines) is 1. The van der Waals surface area contributed by atoms with Crippen LogP contribution >= 0.6 is 11.6 Å². The molecule has 1 fully saturated rings. The van der Waals surface area contributed by atoms with E-state index in [2.05, 4.69) is 15.6 Å². The molecule has 2 heterocycles. The number of benzene rings is 1. The SMILES string of the molecule is O=C(CCN1CCCC(C(=O)Nc2ccc(Cl)cn2)C1)Nc1ccc(F)c(F)c1. The molecule has 2 N–H and O–H groups in total. The third-order valence-electron chi connectivity index (χ3n) is 4.71. The van der Waals surface area contributed by atoms with Gasteiger partial charge in [0.25, 0.3) is 0 Å². The topological polar surface area (TPSA) is 74.3 Å². The Morgan fingerprint density at radius 1 is 1.17 bits per heavy atom. The van der Waals surface area contributed by atoms with Crippen molar-refractivity contribution in [3.05, 3.63) is 53.2 Å². The van der Waals surface area contributed by atoms with Gasteiger partial charge in [-0.2, -0.15) is 0 Å². The Kier molecular flexibility index (Phi) is 7.11. The molecule has 154 valence electrons. The highest BCUT2D eigenvalue weighted by molar-refractivity contribution is 6.30. The maximum Gasteiger partial charge on any atom is 0.229 e. The number of rotatable bonds is 6. The Balaban J connectivity index is 1.46. The van der Waals surface area contributed by atoms with Gasteiger partial charge < -0.3 is 15.5 Å². The monoisotopic (exact) mass is 422 g/mol. The van der Waals surface area contributed by atoms with E-state index in [4.69, 9.17) is 11.6 Å². The zero-order chi connectivity index (χ0) is 20.8. The Morgan fingerprint density at radius 2 is 2.00 bits per heavy atom. The van der Waals surface area contributed by atoms with Crippen LogP contribution in [0.5, 0.6) is 0 Å². The zero-order valence-corrected chi connectivity index (χ0v) is 16.4. The largest absolute Gasteiger partial charge is 0.326 e. The number of pyridine rings is 1. The fraction of sp³-hybridized carbons (Fsp3) is 0.350. The second-order valence-electron chi connectivity index (χ2n) is 6.92. The van der Waals surface area contributed by atoms with E-state index >= 15 is 0 Å². The van der Waals surface area contributed by atoms with Crippen molar-refractivity contribution in [1.82, 2.24) is 9.88 Å². The number of carbonyl (C=O) groups is 2. The molecule has 1 unspecified atom stereocenters. The number of nitrogens with zero attached hydrogens (tertiary/aromatic N) is 2. The Labute approximate surface area is 172 Å². The van der Waals surface area contributed by atoms with Crippen LogP contribution in [0.3, 0.4) is 0 Å². The van der Waals surface area contributed by atoms with Crippen LogP contribution in [-0.2, 0) is 9.59 Å². The smallest absolute Gasteiger partial charge is 0.229 e. The number of hydrogen-bond donors (Lipinski definition) is 2. The minimum Gasteiger partial charge on any atom is -0.326 e. The lowest BCUT2D eigenvalue weighted by Gasteiger charge is -2.31. The molecule has 2 aromatic rings. The molecule has 9 heteroatoms. The quantitative estimate of drug-likeness (QED) is 0.744. The van der Waals surface area contributed by atoms with Crippen molar-refractivity contribution in [3.63, 3.8) is 0 Å². The molecule has 1 aliphatic rings. The number of aromatic nitrogens is 1. The summed E-state index contributed by atoms with van der Waals surface area (Å²) >= 11 is 5.79. The Hall–Kier alpha value is -2.58. The van der Waals surface area contributed by atoms with Crippen LogP contribution in [-0.4, -0.2) is 41.3 Å². The van der Waals surface area contributed by atoms with Crippen LogP contribution < -0.4 is 10.6 Å². The van der Waals surface area contributed by atoms with Crippen molar-refractivity contribution in [3.8, 4) is 0 Å². The van der Waals surface area contributed by atoms with Gasteiger partial charge in [-0.15, -0.1) is 0 Å². The summed E-state index contributed by atoms with van der Waals surface area (Å²) in [5, 5.41) is 5.83. The third-order valence-corrected chi connectivity index (χ3v) is 4.94. The van der Waals surface area contributed by atoms with E-state index in [0.717, 1.165) is 31.5 Å². The summed E-state index contributed by atoms with van der Waals surface area (Å²) in [5.41, 5.74) is 0.209. The first-order valence-corrected chi connectivity index (χ1v) is 9.68. The Morgan fingerprint density at radius 3 is 2.72 bits per heavy atom. The molecule has 2 amide bonds. The lowest BCUT2D eigenvalue weighted by atomic mass is 9.97. The van der Waals surface area contributed by atoms with E-state index in [-0.39, 0.29) is 29.8 Å². The van der Waals surface area contributed by atoms with Crippen molar-refractivity contribution >= 4 is 34.9 Å². The number of piperidine rings is 1. The number of nitrogens with one attached hydrogen (secondary N) is 2. The molecule has 0 spiro atoms. The van der Waals surface area contributed by atoms with Crippen LogP contribution in [0.15, 0.2) is 36.5 Å². The predicted molar refractivity (Wildman–Crippen MR) is 107 cm³/mol. The van der Waals surface area contributed by atoms with E-state index in [9.17, 15) is 18.4 Å². The molecule has 1 aliphatic heterocycles. The fourth-order valence-corrected chi connectivity index (χ4v) is 3.32. The lowest BCUT2D eigenvalue weighted by molar-refractivity contribution is -0.121. The highest BCUT2D eigenvalue weighted by atomic mass is 35.5. The van der Waals surface area contributed by atoms with Gasteiger partial charge in [0.05, 0.1) is 10.9 Å². The van der Waals surface area contributed by atoms with Gasteiger partial charge in [-0.25, -0.2) is 13.8 Å². The molecular formula is C20H21ClF2N4O2. The molecule has 1 aromatic heterocycles. The highest BCUT2D eigenvalue weighted by Crippen LogP contribution is 2.19. The van der Waals surface area contributed by atoms with Crippen LogP contribution in [0.25, 0.3) is 0 Å². The van der Waals surface area contributed by atoms with E-state index < -0.39 is 11.6 Å². The van der Waals surface area contributed by atoms with Crippen molar-refractivity contribution in [2.24, 2.45) is 5.92 Å². The minimum atomic E-state index is -1.01. The summed E-state index contributed by atoms with van der Waals surface area (Å²) < 4.78 is 26.2. The second-order valence-corrected chi connectivity index (χ2v) is 7.35. The number of halogens is 3. The molecule has 0 bridgehead atoms. The number of carbonyl (C=O) groups excluding carboxylic acids is 2. The zero-order valence-electron chi connectivity index (χ0n) is 15.6. The van der Waals surface area contributed by atoms with Gasteiger partial charge in [-0.1, -0.05) is 11.6 Å². The first-order valence-electron chi connectivity index (χ1n) is 9.30. The standard InChI is InChI=1S/C20H21ClF2N4O2/c21-14-3-6-18(24-11-14)26-20(29)13-2-1-8-27(12-13)9-7-19(28)25-15-4-5-16(22)17(23)10-15/h3-6,10-11,13H,1-2,7-9,12H2,(H,25,28)(H,24,26,29). The van der Waals surface area contributed by atoms with Gasteiger partial charge in [0.15, 0.2) is 11.6 Å². The van der Waals surface area contributed by atoms with E-state index in [1.807, 2.05) is 4.90 Å². The van der Waals surface area contributed by atoms with Crippen LogP contribution in [0, 0.1) is 17.6 Å². The Bertz CT molecular complexity index is 879. The summed E-state index contributed by atoms with van der Waals surface area (Å²) in [6, 6.07) is 6.52. The van der Waals surface area contributed by atoms with Crippen LogP contribution in [0.4, 0.5) is 20.3 Å². The van der Waals surface area contributed by atoms with Crippen LogP contribution in [0.2, 0.25) is 5.02 Å². The maximum absolute atomic E-state index is 13.2. The molecule has 29 heavy (non-hydrogen) atoms. The normalized spacial score (nSPS) is 17.0. The summed E-state index contributed by atoms with van der Waals surface area (Å²) in [6.07, 6.45) is 3.26. The van der Waals surface area contributed by atoms with Crippen molar-refractivity contribution in [2.45, 2.75) is 19.3 Å². The summed E-state index contributed by atoms with van der Waals surface area (Å²) in [4.78, 5) is 30.7. The second kappa shape index (κ2) is 9.76. The molecule has 6 nitrogen and oxygen atoms in total. The van der Waals surface area contributed by atoms with Gasteiger partial charge in [0.1, 0.15) is 5.82 Å². The predicted octanol–water partition coefficient (Wildman–Crippen LogP) is 3.69. The molecule has 1 saturated heterocycles. The van der Waals surface area contributed by atoms with Crippen LogP contribution in [0.1, 0.15) is 19.3 Å². The molecular weight excluding hydrogens is 402 g/mol. The molecule has 0 aliphatic carbocycles. The summed E-state index contributed by atoms with van der Waals surface area (Å²) in [5.74, 6) is -2.14. The first-order chi connectivity index (χ1) is 13.9. The van der Waals surface area contributed by atoms with Gasteiger partial charge in [0, 0.05) is 37.5 Å². The van der Waals surface area contributed by atoms with Gasteiger partial charge in [-0.05, 0) is 43.7 Å². The third kappa shape index (κ3) is 6.20. The maximum atomic E-state index is 13.2. The average molecular weight is 423 g/mol. The van der Waals surface area contributed by atoms with Crippen molar-refractivity contribution in [2.75, 3.05) is 30.3 Å². The van der Waals surface area contributed by atoms with E-state index in [0.29, 0.717) is 23.9 Å². The summed E-state index contributed by atoms with van der Waals surface area (Å²) in [6.45, 7) is 1.80. The molecule has 0 saturated carbocycles. The van der Waals surface area contributed by atoms with Gasteiger partial charge >= 0.3 is 0 Å². The molecule has 1 aromatic carbocycles. The number of hydrogen-bond acceptors (Lipinski definition) is 4. The molecule has 0 radical (unpaired) electrons. The van der Waals surface area contributed by atoms with E-state index in [1.165, 1.54) is 12.3 Å². The highest BCUT2D eigenvalue weighted by Gasteiger charge is 2.26. The molecule has 3 rings (SSSR count). The lowest BCUT2D eigenvalue weighted by Crippen LogP contribution is -2.41. The number of amides is 2. The fourth-order valence-electron chi connectivity index (χ4n) is 3.21. The van der Waals surface area contributed by atoms with Crippen molar-refractivity contribution in [1.29, 1.82) is 0 Å². The number of anilines is 2. The average Bonchev–Trinajstić information content (AvgIpc) is 2.71. The van der Waals surface area contributed by atoms with E-state index in [1.54, 1.807) is 12.1 Å². The van der Waals surface area contributed by atoms with Gasteiger partial charge in [-0.3, -0.25) is 9.59 Å². The van der Waals surface area contributed by atoms with Crippen molar-refractivity contribution < 1.29 is 18.4 Å². The minimum absolute atomic E-state index is 0.115. The first kappa shape index (κ1) is 21.1. The molecule has 1 atom stereocenters. The van der Waals surface area contributed by atoms with Gasteiger partial charge in [0.2, 0.25) is 11.8 Å².